The number of aromatic nitrogens is 4. The minimum absolute atomic E-state index is 0.421. The van der Waals surface area contributed by atoms with Gasteiger partial charge in [0, 0.05) is 66.1 Å². The van der Waals surface area contributed by atoms with E-state index in [4.69, 9.17) is 19.4 Å². The molecule has 10 aromatic rings. The smallest absolute Gasteiger partial charge is 0.337 e. The molecule has 8 heteroatoms. The molecule has 4 heterocycles. The molecule has 354 valence electrons. The number of hydrogen-bond donors (Lipinski definition) is 2. The van der Waals surface area contributed by atoms with E-state index < -0.39 is 11.9 Å². The third-order valence-corrected chi connectivity index (χ3v) is 14.6. The summed E-state index contributed by atoms with van der Waals surface area (Å²) in [4.78, 5) is 45.9. The molecule has 8 nitrogen and oxygen atoms in total. The van der Waals surface area contributed by atoms with Crippen LogP contribution >= 0.6 is 0 Å². The fraction of sp³-hybridized carbons (Fsp3) is 0.0606. The molecule has 0 radical (unpaired) electrons. The van der Waals surface area contributed by atoms with Crippen molar-refractivity contribution in [3.05, 3.63) is 216 Å². The lowest BCUT2D eigenvalue weighted by atomic mass is 9.93. The Hall–Kier alpha value is -9.66. The second kappa shape index (κ2) is 17.6. The Kier molecular flexibility index (Phi) is 10.5. The lowest BCUT2D eigenvalue weighted by molar-refractivity contribution is 0.0592. The number of benzene rings is 8. The molecule has 0 amide bonds. The zero-order chi connectivity index (χ0) is 50.2. The van der Waals surface area contributed by atoms with Crippen LogP contribution in [0.25, 0.3) is 133 Å². The predicted molar refractivity (Wildman–Crippen MR) is 299 cm³/mol. The Morgan fingerprint density at radius 3 is 0.838 bits per heavy atom. The van der Waals surface area contributed by atoms with Gasteiger partial charge in [-0.05, 0) is 60.4 Å². The van der Waals surface area contributed by atoms with Gasteiger partial charge in [0.25, 0.3) is 0 Å². The number of aryl methyl sites for hydroxylation is 2. The molecule has 0 saturated heterocycles. The third-order valence-electron chi connectivity index (χ3n) is 14.6. The molecular formula is C66H46N4O4. The van der Waals surface area contributed by atoms with Crippen LogP contribution in [-0.2, 0) is 9.47 Å². The van der Waals surface area contributed by atoms with Crippen LogP contribution in [0.3, 0.4) is 0 Å². The number of nitrogens with zero attached hydrogens (tertiary/aromatic N) is 2. The highest BCUT2D eigenvalue weighted by Gasteiger charge is 2.30. The molecule has 8 bridgehead atoms. The molecule has 2 aromatic heterocycles. The Balaban J connectivity index is 1.34. The monoisotopic (exact) mass is 958 g/mol. The topological polar surface area (TPSA) is 110 Å². The van der Waals surface area contributed by atoms with Crippen molar-refractivity contribution in [2.75, 3.05) is 14.2 Å². The van der Waals surface area contributed by atoms with E-state index in [1.807, 2.05) is 48.5 Å². The molecule has 3 aliphatic rings. The van der Waals surface area contributed by atoms with Crippen LogP contribution in [0.4, 0.5) is 0 Å². The Labute approximate surface area is 426 Å². The zero-order valence-corrected chi connectivity index (χ0v) is 41.0. The molecule has 74 heavy (non-hydrogen) atoms. The van der Waals surface area contributed by atoms with E-state index in [1.54, 1.807) is 0 Å². The van der Waals surface area contributed by atoms with Crippen molar-refractivity contribution in [1.29, 1.82) is 0 Å². The van der Waals surface area contributed by atoms with E-state index in [0.717, 1.165) is 144 Å². The maximum Gasteiger partial charge on any atom is 0.337 e. The zero-order valence-electron chi connectivity index (χ0n) is 41.0. The molecule has 0 unspecified atom stereocenters. The second-order valence-corrected chi connectivity index (χ2v) is 18.9. The summed E-state index contributed by atoms with van der Waals surface area (Å²) in [5.41, 5.74) is 21.0. The van der Waals surface area contributed by atoms with Crippen molar-refractivity contribution < 1.29 is 19.1 Å². The van der Waals surface area contributed by atoms with Crippen LogP contribution in [0.15, 0.2) is 194 Å². The highest BCUT2D eigenvalue weighted by atomic mass is 16.5. The molecule has 1 aliphatic carbocycles. The number of ether oxygens (including phenoxy) is 2. The van der Waals surface area contributed by atoms with Crippen molar-refractivity contribution in [2.45, 2.75) is 13.8 Å². The van der Waals surface area contributed by atoms with Crippen LogP contribution < -0.4 is 0 Å². The van der Waals surface area contributed by atoms with Crippen molar-refractivity contribution in [3.63, 3.8) is 0 Å². The van der Waals surface area contributed by atoms with Gasteiger partial charge in [0.2, 0.25) is 0 Å². The molecule has 2 aliphatic heterocycles. The van der Waals surface area contributed by atoms with Gasteiger partial charge in [0.05, 0.1) is 70.2 Å². The standard InChI is InChI=1S/C66H46N4O4/c1-37-21-25-39(26-22-37)53-57-45-13-5-6-14-46(45)58(67-57)54(40-27-23-38(2)24-28-40)60-48-16-8-10-18-50(48)62(69-60)56(42-31-35-44(36-32-42)66(72)74-4)64-52-20-12-11-19-51(52)63(70-64)55(41-29-33-43(34-30-41)65(71)73-3)61-49-17-9-7-15-47(49)59(53)68-61/h5-36,67,70H,1-4H3. The van der Waals surface area contributed by atoms with Gasteiger partial charge in [-0.15, -0.1) is 0 Å². The molecule has 0 saturated carbocycles. The van der Waals surface area contributed by atoms with Crippen molar-refractivity contribution >= 4 is 55.6 Å². The molecule has 8 aromatic carbocycles. The van der Waals surface area contributed by atoms with E-state index in [1.165, 1.54) is 14.2 Å². The molecule has 13 rings (SSSR count). The molecule has 2 N–H and O–H groups in total. The number of hydrogen-bond acceptors (Lipinski definition) is 6. The normalized spacial score (nSPS) is 11.6. The van der Waals surface area contributed by atoms with Crippen molar-refractivity contribution in [2.24, 2.45) is 0 Å². The number of nitrogens with one attached hydrogen (secondary N) is 2. The number of methoxy groups -OCH3 is 2. The van der Waals surface area contributed by atoms with Gasteiger partial charge in [0.15, 0.2) is 0 Å². The van der Waals surface area contributed by atoms with Gasteiger partial charge in [0.1, 0.15) is 0 Å². The Bertz CT molecular complexity index is 4030. The summed E-state index contributed by atoms with van der Waals surface area (Å²) in [6, 6.07) is 66.5. The van der Waals surface area contributed by atoms with E-state index in [9.17, 15) is 9.59 Å². The summed E-state index contributed by atoms with van der Waals surface area (Å²) < 4.78 is 10.3. The minimum atomic E-state index is -0.421. The van der Waals surface area contributed by atoms with Crippen LogP contribution in [0.2, 0.25) is 0 Å². The highest BCUT2D eigenvalue weighted by molar-refractivity contribution is 6.21. The molecule has 0 fully saturated rings. The number of carbonyl (C=O) groups excluding carboxylic acids is 2. The maximum absolute atomic E-state index is 13.0. The van der Waals surface area contributed by atoms with E-state index in [0.29, 0.717) is 11.1 Å². The van der Waals surface area contributed by atoms with Crippen LogP contribution in [0.5, 0.6) is 0 Å². The number of H-pyrrole nitrogens is 2. The summed E-state index contributed by atoms with van der Waals surface area (Å²) >= 11 is 0. The van der Waals surface area contributed by atoms with Crippen LogP contribution in [0.1, 0.15) is 31.8 Å². The molecule has 0 spiro atoms. The Morgan fingerprint density at radius 2 is 0.581 bits per heavy atom. The number of aromatic amines is 2. The summed E-state index contributed by atoms with van der Waals surface area (Å²) in [6.45, 7) is 4.22. The van der Waals surface area contributed by atoms with Crippen molar-refractivity contribution in [3.8, 4) is 89.5 Å². The maximum atomic E-state index is 13.0. The summed E-state index contributed by atoms with van der Waals surface area (Å²) in [5.74, 6) is -0.842. The first-order valence-electron chi connectivity index (χ1n) is 24.6. The SMILES string of the molecule is COC(=O)c1ccc(-c2c3nc(c(-c4ccc(C)cc4)c4[nH]c(c(-c5ccc(C)cc5)c5nc(c(-c6ccc(C(=O)OC)cc6)c6[nH]c2c2ccccc62)-c2ccccc2-5)c2ccccc42)-c2ccccc2-3)cc1. The number of carbonyl (C=O) groups is 2. The first-order chi connectivity index (χ1) is 36.3. The van der Waals surface area contributed by atoms with Gasteiger partial charge < -0.3 is 19.4 Å². The largest absolute Gasteiger partial charge is 0.465 e. The van der Waals surface area contributed by atoms with E-state index in [-0.39, 0.29) is 0 Å². The summed E-state index contributed by atoms with van der Waals surface area (Å²) in [5, 5.41) is 4.00. The van der Waals surface area contributed by atoms with Crippen LogP contribution in [0, 0.1) is 13.8 Å². The van der Waals surface area contributed by atoms with Gasteiger partial charge in [-0.25, -0.2) is 19.6 Å². The molecular weight excluding hydrogens is 913 g/mol. The molecule has 0 atom stereocenters. The van der Waals surface area contributed by atoms with E-state index >= 15 is 0 Å². The average molecular weight is 959 g/mol. The Morgan fingerprint density at radius 1 is 0.338 bits per heavy atom. The number of esters is 2. The minimum Gasteiger partial charge on any atom is -0.465 e. The first-order valence-corrected chi connectivity index (χ1v) is 24.6. The van der Waals surface area contributed by atoms with E-state index in [2.05, 4.69) is 169 Å². The van der Waals surface area contributed by atoms with Gasteiger partial charge in [-0.2, -0.15) is 0 Å². The van der Waals surface area contributed by atoms with Crippen molar-refractivity contribution in [1.82, 2.24) is 19.9 Å². The predicted octanol–water partition coefficient (Wildman–Crippen LogP) is 16.1. The second-order valence-electron chi connectivity index (χ2n) is 18.9. The lowest BCUT2D eigenvalue weighted by Crippen LogP contribution is -2.00. The number of rotatable bonds is 6. The fourth-order valence-corrected chi connectivity index (χ4v) is 11.0. The lowest BCUT2D eigenvalue weighted by Gasteiger charge is -2.09. The van der Waals surface area contributed by atoms with Gasteiger partial charge in [-0.3, -0.25) is 0 Å². The average Bonchev–Trinajstić information content (AvgIpc) is 4.23. The quantitative estimate of drug-likeness (QED) is 0.161. The fourth-order valence-electron chi connectivity index (χ4n) is 11.0. The van der Waals surface area contributed by atoms with Gasteiger partial charge in [-0.1, -0.05) is 181 Å². The summed E-state index contributed by atoms with van der Waals surface area (Å²) in [6.07, 6.45) is 0. The van der Waals surface area contributed by atoms with Gasteiger partial charge >= 0.3 is 11.9 Å². The highest BCUT2D eigenvalue weighted by Crippen LogP contribution is 2.52. The summed E-state index contributed by atoms with van der Waals surface area (Å²) in [7, 11) is 2.79. The third kappa shape index (κ3) is 7.05. The van der Waals surface area contributed by atoms with Crippen LogP contribution in [-0.4, -0.2) is 46.1 Å². The first kappa shape index (κ1) is 44.3.